The summed E-state index contributed by atoms with van der Waals surface area (Å²) in [4.78, 5) is 8.70. The van der Waals surface area contributed by atoms with E-state index in [0.29, 0.717) is 0 Å². The highest BCUT2D eigenvalue weighted by Crippen LogP contribution is 2.08. The standard InChI is InChI=1S/C6H4F2.C2HF3O/c7-5-2-1-3-6(8)4-5;3-2(4,5)1-6/h1-4H;1H. The Morgan fingerprint density at radius 2 is 1.43 bits per heavy atom. The Labute approximate surface area is 76.2 Å². The second kappa shape index (κ2) is 5.31. The second-order valence-corrected chi connectivity index (χ2v) is 2.10. The normalized spacial score (nSPS) is 10.1. The van der Waals surface area contributed by atoms with Crippen molar-refractivity contribution in [1.29, 1.82) is 0 Å². The van der Waals surface area contributed by atoms with Gasteiger partial charge in [-0.1, -0.05) is 6.07 Å². The van der Waals surface area contributed by atoms with Gasteiger partial charge in [0.1, 0.15) is 11.6 Å². The summed E-state index contributed by atoms with van der Waals surface area (Å²) < 4.78 is 55.1. The number of rotatable bonds is 0. The molecule has 1 nitrogen and oxygen atoms in total. The predicted molar refractivity (Wildman–Crippen MR) is 38.5 cm³/mol. The van der Waals surface area contributed by atoms with Crippen molar-refractivity contribution in [3.8, 4) is 0 Å². The lowest BCUT2D eigenvalue weighted by atomic mass is 10.3. The molecule has 0 N–H and O–H groups in total. The van der Waals surface area contributed by atoms with E-state index in [0.717, 1.165) is 6.07 Å². The largest absolute Gasteiger partial charge is 0.446 e. The molecule has 0 atom stereocenters. The molecule has 0 bridgehead atoms. The SMILES string of the molecule is Fc1cccc(F)c1.O=CC(F)(F)F. The minimum Gasteiger partial charge on any atom is -0.293 e. The molecule has 14 heavy (non-hydrogen) atoms. The van der Waals surface area contributed by atoms with Gasteiger partial charge in [-0.3, -0.25) is 4.79 Å². The van der Waals surface area contributed by atoms with Crippen LogP contribution in [0.1, 0.15) is 0 Å². The fraction of sp³-hybridized carbons (Fsp3) is 0.125. The van der Waals surface area contributed by atoms with Gasteiger partial charge in [-0.2, -0.15) is 13.2 Å². The topological polar surface area (TPSA) is 17.1 Å². The zero-order valence-corrected chi connectivity index (χ0v) is 6.68. The molecule has 0 aliphatic carbocycles. The Morgan fingerprint density at radius 1 is 1.07 bits per heavy atom. The van der Waals surface area contributed by atoms with Gasteiger partial charge in [0.05, 0.1) is 0 Å². The smallest absolute Gasteiger partial charge is 0.293 e. The van der Waals surface area contributed by atoms with Gasteiger partial charge in [0.25, 0.3) is 0 Å². The summed E-state index contributed by atoms with van der Waals surface area (Å²) in [6, 6.07) is 4.55. The molecule has 0 aliphatic heterocycles. The first-order valence-corrected chi connectivity index (χ1v) is 3.29. The molecule has 0 amide bonds. The zero-order chi connectivity index (χ0) is 11.2. The predicted octanol–water partition coefficient (Wildman–Crippen LogP) is 2.71. The number of halogens is 5. The number of alkyl halides is 3. The Morgan fingerprint density at radius 3 is 1.57 bits per heavy atom. The molecule has 0 aliphatic rings. The lowest BCUT2D eigenvalue weighted by Crippen LogP contribution is -2.07. The first-order valence-electron chi connectivity index (χ1n) is 3.29. The van der Waals surface area contributed by atoms with Gasteiger partial charge in [0.2, 0.25) is 6.29 Å². The molecule has 0 heterocycles. The molecular weight excluding hydrogens is 207 g/mol. The molecular formula is C8H5F5O. The summed E-state index contributed by atoms with van der Waals surface area (Å²) in [5, 5.41) is 0. The van der Waals surface area contributed by atoms with Gasteiger partial charge in [-0.15, -0.1) is 0 Å². The van der Waals surface area contributed by atoms with E-state index in [1.165, 1.54) is 18.2 Å². The molecule has 0 saturated heterocycles. The fourth-order valence-corrected chi connectivity index (χ4v) is 0.460. The maximum atomic E-state index is 11.9. The quantitative estimate of drug-likeness (QED) is 0.477. The molecule has 0 spiro atoms. The highest BCUT2D eigenvalue weighted by Gasteiger charge is 2.24. The van der Waals surface area contributed by atoms with Crippen LogP contribution in [0.3, 0.4) is 0 Å². The van der Waals surface area contributed by atoms with Crippen molar-refractivity contribution in [3.63, 3.8) is 0 Å². The van der Waals surface area contributed by atoms with Crippen LogP contribution in [0.4, 0.5) is 22.0 Å². The third-order valence-corrected chi connectivity index (χ3v) is 0.920. The number of carbonyl (C=O) groups excluding carboxylic acids is 1. The van der Waals surface area contributed by atoms with Crippen LogP contribution in [0.15, 0.2) is 24.3 Å². The third-order valence-electron chi connectivity index (χ3n) is 0.920. The van der Waals surface area contributed by atoms with Crippen LogP contribution in [0.2, 0.25) is 0 Å². The molecule has 1 aromatic carbocycles. The summed E-state index contributed by atoms with van der Waals surface area (Å²) in [7, 11) is 0. The second-order valence-electron chi connectivity index (χ2n) is 2.10. The number of hydrogen-bond donors (Lipinski definition) is 0. The van der Waals surface area contributed by atoms with E-state index in [2.05, 4.69) is 0 Å². The highest BCUT2D eigenvalue weighted by molar-refractivity contribution is 5.56. The van der Waals surface area contributed by atoms with E-state index < -0.39 is 24.1 Å². The van der Waals surface area contributed by atoms with Crippen molar-refractivity contribution in [2.45, 2.75) is 6.18 Å². The van der Waals surface area contributed by atoms with Gasteiger partial charge in [0.15, 0.2) is 0 Å². The maximum absolute atomic E-state index is 11.9. The molecule has 78 valence electrons. The summed E-state index contributed by atoms with van der Waals surface area (Å²) in [6.45, 7) is 0. The highest BCUT2D eigenvalue weighted by atomic mass is 19.4. The molecule has 0 fully saturated rings. The summed E-state index contributed by atoms with van der Waals surface area (Å²) >= 11 is 0. The Kier molecular flexibility index (Phi) is 4.76. The average Bonchev–Trinajstić information content (AvgIpc) is 2.03. The van der Waals surface area contributed by atoms with Crippen LogP contribution in [0, 0.1) is 11.6 Å². The van der Waals surface area contributed by atoms with Crippen LogP contribution < -0.4 is 0 Å². The van der Waals surface area contributed by atoms with Crippen molar-refractivity contribution in [2.24, 2.45) is 0 Å². The number of benzene rings is 1. The van der Waals surface area contributed by atoms with E-state index in [4.69, 9.17) is 4.79 Å². The van der Waals surface area contributed by atoms with Crippen LogP contribution >= 0.6 is 0 Å². The molecule has 1 aromatic rings. The number of aldehydes is 1. The lowest BCUT2D eigenvalue weighted by molar-refractivity contribution is -0.156. The molecule has 6 heteroatoms. The number of hydrogen-bond acceptors (Lipinski definition) is 1. The maximum Gasteiger partial charge on any atom is 0.446 e. The van der Waals surface area contributed by atoms with Crippen LogP contribution in [0.5, 0.6) is 0 Å². The average molecular weight is 212 g/mol. The van der Waals surface area contributed by atoms with E-state index in [9.17, 15) is 22.0 Å². The van der Waals surface area contributed by atoms with Crippen molar-refractivity contribution in [3.05, 3.63) is 35.9 Å². The van der Waals surface area contributed by atoms with Crippen molar-refractivity contribution in [2.75, 3.05) is 0 Å². The van der Waals surface area contributed by atoms with Gasteiger partial charge in [0, 0.05) is 6.07 Å². The van der Waals surface area contributed by atoms with E-state index >= 15 is 0 Å². The summed E-state index contributed by atoms with van der Waals surface area (Å²) in [5.41, 5.74) is 0. The molecule has 0 saturated carbocycles. The molecule has 0 radical (unpaired) electrons. The van der Waals surface area contributed by atoms with Crippen molar-refractivity contribution >= 4 is 6.29 Å². The zero-order valence-electron chi connectivity index (χ0n) is 6.68. The van der Waals surface area contributed by atoms with Gasteiger partial charge >= 0.3 is 6.18 Å². The fourth-order valence-electron chi connectivity index (χ4n) is 0.460. The molecule has 0 unspecified atom stereocenters. The summed E-state index contributed by atoms with van der Waals surface area (Å²) in [5.74, 6) is -1.07. The van der Waals surface area contributed by atoms with Crippen molar-refractivity contribution < 1.29 is 26.7 Å². The summed E-state index contributed by atoms with van der Waals surface area (Å²) in [6.07, 6.45) is -5.70. The Bertz CT molecular complexity index is 277. The molecule has 1 rings (SSSR count). The van der Waals surface area contributed by atoms with Crippen LogP contribution in [-0.2, 0) is 4.79 Å². The van der Waals surface area contributed by atoms with Crippen LogP contribution in [-0.4, -0.2) is 12.5 Å². The number of carbonyl (C=O) groups is 1. The van der Waals surface area contributed by atoms with E-state index in [-0.39, 0.29) is 0 Å². The van der Waals surface area contributed by atoms with Gasteiger partial charge < -0.3 is 0 Å². The Balaban J connectivity index is 0.000000255. The van der Waals surface area contributed by atoms with Gasteiger partial charge in [-0.25, -0.2) is 8.78 Å². The minimum atomic E-state index is -4.64. The monoisotopic (exact) mass is 212 g/mol. The minimum absolute atomic E-state index is 0.537. The first kappa shape index (κ1) is 12.5. The van der Waals surface area contributed by atoms with Crippen molar-refractivity contribution in [1.82, 2.24) is 0 Å². The molecule has 0 aromatic heterocycles. The lowest BCUT2D eigenvalue weighted by Gasteiger charge is -1.87. The third kappa shape index (κ3) is 7.20. The first-order chi connectivity index (χ1) is 6.35. The van der Waals surface area contributed by atoms with Gasteiger partial charge in [-0.05, 0) is 12.1 Å². The Hall–Kier alpha value is -1.46. The van der Waals surface area contributed by atoms with Crippen LogP contribution in [0.25, 0.3) is 0 Å². The van der Waals surface area contributed by atoms with E-state index in [1.807, 2.05) is 0 Å². The van der Waals surface area contributed by atoms with E-state index in [1.54, 1.807) is 0 Å².